The summed E-state index contributed by atoms with van der Waals surface area (Å²) < 4.78 is 4.33. The van der Waals surface area contributed by atoms with E-state index in [0.29, 0.717) is 0 Å². The molecule has 3 heteroatoms. The Hall–Kier alpha value is -2.13. The van der Waals surface area contributed by atoms with E-state index in [4.69, 9.17) is 5.11 Å². The largest absolute Gasteiger partial charge is 0.433 e. The zero-order chi connectivity index (χ0) is 14.8. The Kier molecular flexibility index (Phi) is 7.89. The lowest BCUT2D eigenvalue weighted by atomic mass is 10.1. The average molecular weight is 260 g/mol. The number of carbonyl (C=O) groups is 1. The highest BCUT2D eigenvalue weighted by molar-refractivity contribution is 5.86. The van der Waals surface area contributed by atoms with E-state index >= 15 is 0 Å². The van der Waals surface area contributed by atoms with Crippen LogP contribution in [0.1, 0.15) is 25.0 Å². The number of aliphatic hydroxyl groups excluding tert-OH is 1. The molecule has 0 fully saturated rings. The van der Waals surface area contributed by atoms with Crippen molar-refractivity contribution in [3.63, 3.8) is 0 Å². The van der Waals surface area contributed by atoms with E-state index in [-0.39, 0.29) is 5.57 Å². The molecule has 3 nitrogen and oxygen atoms in total. The first-order valence-electron chi connectivity index (χ1n) is 5.80. The summed E-state index contributed by atoms with van der Waals surface area (Å²) in [5.74, 6) is -0.565. The van der Waals surface area contributed by atoms with Crippen LogP contribution >= 0.6 is 0 Å². The predicted molar refractivity (Wildman–Crippen MR) is 79.2 cm³/mol. The van der Waals surface area contributed by atoms with Gasteiger partial charge in [-0.1, -0.05) is 56.2 Å². The van der Waals surface area contributed by atoms with Gasteiger partial charge in [0.05, 0.1) is 0 Å². The van der Waals surface area contributed by atoms with Crippen LogP contribution < -0.4 is 0 Å². The van der Waals surface area contributed by atoms with Crippen molar-refractivity contribution in [1.29, 1.82) is 0 Å². The number of ether oxygens (including phenoxy) is 1. The van der Waals surface area contributed by atoms with Crippen molar-refractivity contribution < 1.29 is 14.6 Å². The van der Waals surface area contributed by atoms with Crippen molar-refractivity contribution in [2.75, 3.05) is 0 Å². The fourth-order valence-electron chi connectivity index (χ4n) is 1.14. The van der Waals surface area contributed by atoms with Crippen molar-refractivity contribution >= 4 is 18.1 Å². The van der Waals surface area contributed by atoms with Gasteiger partial charge in [-0.2, -0.15) is 0 Å². The number of hydrogen-bond donors (Lipinski definition) is 1. The SMILES string of the molecule is C=C(C)C(=O)OC(C)O.C=Cc1ccccc1C=C. The summed E-state index contributed by atoms with van der Waals surface area (Å²) >= 11 is 0. The second-order valence-electron chi connectivity index (χ2n) is 3.82. The van der Waals surface area contributed by atoms with E-state index in [2.05, 4.69) is 24.5 Å². The summed E-state index contributed by atoms with van der Waals surface area (Å²) in [5.41, 5.74) is 2.56. The van der Waals surface area contributed by atoms with Crippen LogP contribution in [-0.2, 0) is 9.53 Å². The molecule has 0 amide bonds. The third-order valence-corrected chi connectivity index (χ3v) is 2.06. The third-order valence-electron chi connectivity index (χ3n) is 2.06. The number of hydrogen-bond acceptors (Lipinski definition) is 3. The lowest BCUT2D eigenvalue weighted by Crippen LogP contribution is -2.13. The van der Waals surface area contributed by atoms with Gasteiger partial charge >= 0.3 is 5.97 Å². The van der Waals surface area contributed by atoms with Crippen molar-refractivity contribution in [2.24, 2.45) is 0 Å². The minimum atomic E-state index is -1.05. The molecule has 1 aromatic rings. The molecule has 0 aliphatic heterocycles. The summed E-state index contributed by atoms with van der Waals surface area (Å²) in [4.78, 5) is 10.5. The number of aliphatic hydroxyl groups is 1. The highest BCUT2D eigenvalue weighted by Gasteiger charge is 2.04. The van der Waals surface area contributed by atoms with Gasteiger partial charge in [0.1, 0.15) is 0 Å². The molecule has 1 atom stereocenters. The van der Waals surface area contributed by atoms with Crippen LogP contribution in [0.15, 0.2) is 49.6 Å². The third kappa shape index (κ3) is 7.01. The zero-order valence-corrected chi connectivity index (χ0v) is 11.4. The van der Waals surface area contributed by atoms with Gasteiger partial charge in [-0.15, -0.1) is 0 Å². The Labute approximate surface area is 114 Å². The van der Waals surface area contributed by atoms with Gasteiger partial charge in [-0.25, -0.2) is 4.79 Å². The summed E-state index contributed by atoms with van der Waals surface area (Å²) in [6, 6.07) is 8.02. The van der Waals surface area contributed by atoms with Gasteiger partial charge in [-0.05, 0) is 25.0 Å². The highest BCUT2D eigenvalue weighted by Crippen LogP contribution is 2.10. The predicted octanol–water partition coefficient (Wildman–Crippen LogP) is 3.42. The summed E-state index contributed by atoms with van der Waals surface area (Å²) in [7, 11) is 0. The van der Waals surface area contributed by atoms with Gasteiger partial charge in [-0.3, -0.25) is 0 Å². The van der Waals surface area contributed by atoms with Crippen molar-refractivity contribution in [3.8, 4) is 0 Å². The lowest BCUT2D eigenvalue weighted by molar-refractivity contribution is -0.159. The molecule has 0 aliphatic carbocycles. The normalized spacial score (nSPS) is 10.5. The number of carbonyl (C=O) groups excluding carboxylic acids is 1. The van der Waals surface area contributed by atoms with E-state index in [1.807, 2.05) is 36.4 Å². The number of benzene rings is 1. The minimum Gasteiger partial charge on any atom is -0.433 e. The standard InChI is InChI=1S/C10H10.C6H10O3/c1-3-9-7-5-6-8-10(9)4-2;1-4(2)6(8)9-5(3)7/h3-8H,1-2H2;5,7H,1H2,2-3H3. The molecule has 0 radical (unpaired) electrons. The average Bonchev–Trinajstić information content (AvgIpc) is 2.38. The van der Waals surface area contributed by atoms with E-state index in [1.165, 1.54) is 13.8 Å². The van der Waals surface area contributed by atoms with Crippen LogP contribution in [0.3, 0.4) is 0 Å². The van der Waals surface area contributed by atoms with E-state index in [1.54, 1.807) is 0 Å². The highest BCUT2D eigenvalue weighted by atomic mass is 16.6. The fourth-order valence-corrected chi connectivity index (χ4v) is 1.14. The first-order chi connectivity index (χ1) is 8.92. The summed E-state index contributed by atoms with van der Waals surface area (Å²) in [6.07, 6.45) is 2.61. The molecule has 0 aliphatic rings. The van der Waals surface area contributed by atoms with E-state index in [0.717, 1.165) is 11.1 Å². The Bertz CT molecular complexity index is 432. The van der Waals surface area contributed by atoms with Crippen molar-refractivity contribution in [2.45, 2.75) is 20.1 Å². The molecular formula is C16H20O3. The molecule has 0 aromatic heterocycles. The molecule has 1 rings (SSSR count). The molecule has 19 heavy (non-hydrogen) atoms. The molecule has 0 saturated heterocycles. The minimum absolute atomic E-state index is 0.288. The van der Waals surface area contributed by atoms with E-state index in [9.17, 15) is 4.79 Å². The topological polar surface area (TPSA) is 46.5 Å². The fraction of sp³-hybridized carbons (Fsp3) is 0.188. The second kappa shape index (κ2) is 8.89. The molecule has 0 heterocycles. The van der Waals surface area contributed by atoms with Crippen LogP contribution in [0.4, 0.5) is 0 Å². The number of esters is 1. The van der Waals surface area contributed by atoms with Crippen LogP contribution in [0, 0.1) is 0 Å². The Morgan fingerprint density at radius 2 is 1.68 bits per heavy atom. The molecule has 1 unspecified atom stereocenters. The Morgan fingerprint density at radius 3 is 1.89 bits per heavy atom. The zero-order valence-electron chi connectivity index (χ0n) is 11.4. The molecule has 0 saturated carbocycles. The van der Waals surface area contributed by atoms with Gasteiger partial charge in [0, 0.05) is 5.57 Å². The maximum atomic E-state index is 10.5. The molecule has 1 aromatic carbocycles. The van der Waals surface area contributed by atoms with Crippen LogP contribution in [0.5, 0.6) is 0 Å². The molecular weight excluding hydrogens is 240 g/mol. The van der Waals surface area contributed by atoms with Crippen LogP contribution in [-0.4, -0.2) is 17.4 Å². The van der Waals surface area contributed by atoms with Gasteiger partial charge in [0.25, 0.3) is 0 Å². The van der Waals surface area contributed by atoms with Crippen molar-refractivity contribution in [3.05, 3.63) is 60.7 Å². The van der Waals surface area contributed by atoms with Gasteiger partial charge in [0.2, 0.25) is 0 Å². The quantitative estimate of drug-likeness (QED) is 0.512. The molecule has 1 N–H and O–H groups in total. The Balaban J connectivity index is 0.000000344. The maximum absolute atomic E-state index is 10.5. The van der Waals surface area contributed by atoms with Gasteiger partial charge in [0.15, 0.2) is 6.29 Å². The van der Waals surface area contributed by atoms with Crippen LogP contribution in [0.2, 0.25) is 0 Å². The maximum Gasteiger partial charge on any atom is 0.335 e. The molecule has 0 bridgehead atoms. The van der Waals surface area contributed by atoms with E-state index < -0.39 is 12.3 Å². The Morgan fingerprint density at radius 1 is 1.26 bits per heavy atom. The summed E-state index contributed by atoms with van der Waals surface area (Å²) in [5, 5.41) is 8.49. The number of rotatable bonds is 4. The first-order valence-corrected chi connectivity index (χ1v) is 5.80. The second-order valence-corrected chi connectivity index (χ2v) is 3.82. The monoisotopic (exact) mass is 260 g/mol. The molecule has 0 spiro atoms. The first kappa shape index (κ1) is 16.9. The van der Waals surface area contributed by atoms with Crippen LogP contribution in [0.25, 0.3) is 12.2 Å². The molecule has 102 valence electrons. The lowest BCUT2D eigenvalue weighted by Gasteiger charge is -2.04. The smallest absolute Gasteiger partial charge is 0.335 e. The van der Waals surface area contributed by atoms with Crippen molar-refractivity contribution in [1.82, 2.24) is 0 Å². The van der Waals surface area contributed by atoms with Gasteiger partial charge < -0.3 is 9.84 Å². The summed E-state index contributed by atoms with van der Waals surface area (Å²) in [6.45, 7) is 13.6.